The molecule has 2 nitrogen and oxygen atoms in total. The van der Waals surface area contributed by atoms with Crippen LogP contribution in [0.25, 0.3) is 11.4 Å². The number of halogens is 2. The summed E-state index contributed by atoms with van der Waals surface area (Å²) >= 11 is 5.54. The molecule has 0 bridgehead atoms. The fraction of sp³-hybridized carbons (Fsp3) is 0. The lowest BCUT2D eigenvalue weighted by Gasteiger charge is -1.99. The van der Waals surface area contributed by atoms with Gasteiger partial charge in [-0.15, -0.1) is 0 Å². The van der Waals surface area contributed by atoms with E-state index in [9.17, 15) is 0 Å². The Kier molecular flexibility index (Phi) is 3.12. The van der Waals surface area contributed by atoms with Gasteiger partial charge in [-0.3, -0.25) is 4.98 Å². The lowest BCUT2D eigenvalue weighted by molar-refractivity contribution is 1.21. The summed E-state index contributed by atoms with van der Waals surface area (Å²) in [6.45, 7) is 0. The van der Waals surface area contributed by atoms with Gasteiger partial charge in [0.2, 0.25) is 0 Å². The Morgan fingerprint density at radius 2 is 1.93 bits per heavy atom. The van der Waals surface area contributed by atoms with Crippen molar-refractivity contribution in [3.63, 3.8) is 0 Å². The van der Waals surface area contributed by atoms with Gasteiger partial charge in [-0.1, -0.05) is 6.07 Å². The quantitative estimate of drug-likeness (QED) is 0.574. The average molecular weight is 361 g/mol. The first-order valence-electron chi connectivity index (χ1n) is 4.00. The summed E-state index contributed by atoms with van der Waals surface area (Å²) in [4.78, 5) is 8.66. The molecular weight excluding hydrogens is 355 g/mol. The van der Waals surface area contributed by atoms with E-state index in [4.69, 9.17) is 0 Å². The van der Waals surface area contributed by atoms with E-state index in [1.807, 2.05) is 30.3 Å². The molecule has 70 valence electrons. The van der Waals surface area contributed by atoms with E-state index in [2.05, 4.69) is 48.5 Å². The van der Waals surface area contributed by atoms with Crippen LogP contribution in [0.3, 0.4) is 0 Å². The Hall–Kier alpha value is -0.490. The predicted octanol–water partition coefficient (Wildman–Crippen LogP) is 3.51. The topological polar surface area (TPSA) is 25.8 Å². The average Bonchev–Trinajstić information content (AvgIpc) is 2.19. The van der Waals surface area contributed by atoms with Crippen molar-refractivity contribution >= 4 is 38.5 Å². The first-order chi connectivity index (χ1) is 6.75. The molecule has 0 spiro atoms. The smallest absolute Gasteiger partial charge is 0.102 e. The van der Waals surface area contributed by atoms with E-state index in [0.717, 1.165) is 19.6 Å². The monoisotopic (exact) mass is 360 g/mol. The standard InChI is InChI=1S/C10H6BrIN2/c11-7-4-5-8(13-6-7)9-2-1-3-10(12)14-9/h1-6H. The number of hydrogen-bond acceptors (Lipinski definition) is 2. The summed E-state index contributed by atoms with van der Waals surface area (Å²) in [6.07, 6.45) is 1.77. The third-order valence-electron chi connectivity index (χ3n) is 1.70. The molecule has 4 heteroatoms. The van der Waals surface area contributed by atoms with Crippen LogP contribution in [-0.4, -0.2) is 9.97 Å². The Morgan fingerprint density at radius 3 is 2.57 bits per heavy atom. The molecule has 2 aromatic heterocycles. The second-order valence-corrected chi connectivity index (χ2v) is 4.73. The van der Waals surface area contributed by atoms with Crippen molar-refractivity contribution in [3.8, 4) is 11.4 Å². The zero-order chi connectivity index (χ0) is 9.97. The van der Waals surface area contributed by atoms with Crippen LogP contribution < -0.4 is 0 Å². The maximum Gasteiger partial charge on any atom is 0.102 e. The van der Waals surface area contributed by atoms with Crippen molar-refractivity contribution in [2.45, 2.75) is 0 Å². The van der Waals surface area contributed by atoms with Crippen LogP contribution in [0.5, 0.6) is 0 Å². The molecule has 0 radical (unpaired) electrons. The Balaban J connectivity index is 2.44. The van der Waals surface area contributed by atoms with Crippen LogP contribution >= 0.6 is 38.5 Å². The maximum absolute atomic E-state index is 4.38. The van der Waals surface area contributed by atoms with Crippen LogP contribution in [0.15, 0.2) is 41.0 Å². The Morgan fingerprint density at radius 1 is 1.07 bits per heavy atom. The van der Waals surface area contributed by atoms with Gasteiger partial charge >= 0.3 is 0 Å². The summed E-state index contributed by atoms with van der Waals surface area (Å²) in [6, 6.07) is 9.81. The summed E-state index contributed by atoms with van der Waals surface area (Å²) in [7, 11) is 0. The van der Waals surface area contributed by atoms with E-state index in [0.29, 0.717) is 0 Å². The highest BCUT2D eigenvalue weighted by molar-refractivity contribution is 14.1. The molecule has 2 aromatic rings. The predicted molar refractivity (Wildman–Crippen MR) is 67.9 cm³/mol. The van der Waals surface area contributed by atoms with Crippen LogP contribution in [-0.2, 0) is 0 Å². The zero-order valence-corrected chi connectivity index (χ0v) is 10.9. The molecule has 0 saturated heterocycles. The molecular formula is C10H6BrIN2. The minimum Gasteiger partial charge on any atom is -0.253 e. The van der Waals surface area contributed by atoms with Gasteiger partial charge in [0.05, 0.1) is 11.4 Å². The van der Waals surface area contributed by atoms with E-state index in [1.165, 1.54) is 0 Å². The fourth-order valence-electron chi connectivity index (χ4n) is 1.08. The van der Waals surface area contributed by atoms with E-state index in [1.54, 1.807) is 6.20 Å². The third-order valence-corrected chi connectivity index (χ3v) is 2.77. The van der Waals surface area contributed by atoms with Crippen molar-refractivity contribution in [1.82, 2.24) is 9.97 Å². The molecule has 0 aliphatic heterocycles. The largest absolute Gasteiger partial charge is 0.253 e. The van der Waals surface area contributed by atoms with Crippen LogP contribution in [0.1, 0.15) is 0 Å². The second kappa shape index (κ2) is 4.35. The van der Waals surface area contributed by atoms with Crippen molar-refractivity contribution in [3.05, 3.63) is 44.7 Å². The molecule has 0 unspecified atom stereocenters. The zero-order valence-electron chi connectivity index (χ0n) is 7.11. The second-order valence-electron chi connectivity index (χ2n) is 2.71. The van der Waals surface area contributed by atoms with Crippen LogP contribution in [0, 0.1) is 3.70 Å². The van der Waals surface area contributed by atoms with Crippen molar-refractivity contribution in [2.24, 2.45) is 0 Å². The highest BCUT2D eigenvalue weighted by atomic mass is 127. The molecule has 0 aromatic carbocycles. The number of pyridine rings is 2. The number of hydrogen-bond donors (Lipinski definition) is 0. The van der Waals surface area contributed by atoms with Crippen LogP contribution in [0.4, 0.5) is 0 Å². The Bertz CT molecular complexity index is 442. The lowest BCUT2D eigenvalue weighted by atomic mass is 10.2. The molecule has 0 aliphatic rings. The number of nitrogens with zero attached hydrogens (tertiary/aromatic N) is 2. The van der Waals surface area contributed by atoms with Crippen LogP contribution in [0.2, 0.25) is 0 Å². The van der Waals surface area contributed by atoms with Gasteiger partial charge in [0.25, 0.3) is 0 Å². The third kappa shape index (κ3) is 2.30. The van der Waals surface area contributed by atoms with Gasteiger partial charge in [0.15, 0.2) is 0 Å². The fourth-order valence-corrected chi connectivity index (χ4v) is 1.78. The first kappa shape index (κ1) is 10.0. The molecule has 0 aliphatic carbocycles. The van der Waals surface area contributed by atoms with Crippen molar-refractivity contribution in [1.29, 1.82) is 0 Å². The Labute approximate surface area is 104 Å². The van der Waals surface area contributed by atoms with Gasteiger partial charge in [-0.25, -0.2) is 4.98 Å². The molecule has 2 heterocycles. The highest BCUT2D eigenvalue weighted by Gasteiger charge is 2.00. The van der Waals surface area contributed by atoms with E-state index in [-0.39, 0.29) is 0 Å². The number of rotatable bonds is 1. The van der Waals surface area contributed by atoms with Gasteiger partial charge in [0.1, 0.15) is 3.70 Å². The highest BCUT2D eigenvalue weighted by Crippen LogP contribution is 2.17. The first-order valence-corrected chi connectivity index (χ1v) is 5.87. The van der Waals surface area contributed by atoms with Gasteiger partial charge in [-0.05, 0) is 62.8 Å². The summed E-state index contributed by atoms with van der Waals surface area (Å²) < 4.78 is 1.96. The molecule has 0 atom stereocenters. The van der Waals surface area contributed by atoms with Crippen molar-refractivity contribution in [2.75, 3.05) is 0 Å². The van der Waals surface area contributed by atoms with Gasteiger partial charge in [-0.2, -0.15) is 0 Å². The molecule has 0 saturated carbocycles. The van der Waals surface area contributed by atoms with Crippen molar-refractivity contribution < 1.29 is 0 Å². The minimum absolute atomic E-state index is 0.895. The molecule has 14 heavy (non-hydrogen) atoms. The molecule has 0 fully saturated rings. The summed E-state index contributed by atoms with van der Waals surface area (Å²) in [5.41, 5.74) is 1.80. The van der Waals surface area contributed by atoms with Gasteiger partial charge in [0, 0.05) is 10.7 Å². The maximum atomic E-state index is 4.38. The van der Waals surface area contributed by atoms with Gasteiger partial charge < -0.3 is 0 Å². The lowest BCUT2D eigenvalue weighted by Crippen LogP contribution is -1.88. The summed E-state index contributed by atoms with van der Waals surface area (Å²) in [5.74, 6) is 0. The molecule has 0 N–H and O–H groups in total. The minimum atomic E-state index is 0.895. The number of aromatic nitrogens is 2. The summed E-state index contributed by atoms with van der Waals surface area (Å²) in [5, 5.41) is 0. The normalized spacial score (nSPS) is 10.1. The van der Waals surface area contributed by atoms with E-state index >= 15 is 0 Å². The molecule has 0 amide bonds. The molecule has 2 rings (SSSR count). The SMILES string of the molecule is Brc1ccc(-c2cccc(I)n2)nc1. The van der Waals surface area contributed by atoms with E-state index < -0.39 is 0 Å².